The number of hydrogen-bond donors (Lipinski definition) is 4. The fourth-order valence-electron chi connectivity index (χ4n) is 2.75. The molecule has 1 saturated heterocycles. The molecular weight excluding hydrogens is 447 g/mol. The summed E-state index contributed by atoms with van der Waals surface area (Å²) in [6.45, 7) is 6.65. The number of guanidine groups is 1. The van der Waals surface area contributed by atoms with Gasteiger partial charge in [0.2, 0.25) is 0 Å². The fourth-order valence-corrected chi connectivity index (χ4v) is 3.18. The molecule has 1 amide bonds. The van der Waals surface area contributed by atoms with Gasteiger partial charge in [-0.15, -0.1) is 0 Å². The number of aliphatic imine (C=N–C) groups is 1. The van der Waals surface area contributed by atoms with Gasteiger partial charge in [0, 0.05) is 37.8 Å². The predicted octanol–water partition coefficient (Wildman–Crippen LogP) is 1.73. The van der Waals surface area contributed by atoms with Crippen molar-refractivity contribution in [2.75, 3.05) is 33.0 Å². The number of halogens is 2. The lowest BCUT2D eigenvalue weighted by Crippen LogP contribution is -2.53. The molecule has 0 radical (unpaired) electrons. The molecule has 1 fully saturated rings. The first-order valence-corrected chi connectivity index (χ1v) is 10.2. The summed E-state index contributed by atoms with van der Waals surface area (Å²) in [4.78, 5) is 19.7. The van der Waals surface area contributed by atoms with Crippen molar-refractivity contribution in [2.45, 2.75) is 26.4 Å². The van der Waals surface area contributed by atoms with Crippen molar-refractivity contribution in [3.8, 4) is 5.75 Å². The Hall–Kier alpha value is -2.56. The van der Waals surface area contributed by atoms with E-state index in [-0.39, 0.29) is 39.4 Å². The largest absolute Gasteiger partial charge is 0.468 e. The summed E-state index contributed by atoms with van der Waals surface area (Å²) >= 11 is 12.3. The molecule has 2 rings (SSSR count). The SMILES string of the molecule is CC(C)(C)OC(=O)N1CCN(/C(N)=N/C(N)=C(\N)c2cc(OCO)cc(Cl)c2Cl)CC1. The summed E-state index contributed by atoms with van der Waals surface area (Å²) in [6.07, 6.45) is -0.372. The highest BCUT2D eigenvalue weighted by Gasteiger charge is 2.26. The molecule has 1 aliphatic heterocycles. The minimum Gasteiger partial charge on any atom is -0.468 e. The lowest BCUT2D eigenvalue weighted by Gasteiger charge is -2.36. The van der Waals surface area contributed by atoms with Crippen LogP contribution in [0.4, 0.5) is 4.79 Å². The van der Waals surface area contributed by atoms with Crippen LogP contribution >= 0.6 is 23.2 Å². The standard InChI is InChI=1S/C19H28Cl2N6O4/c1-19(2,3)31-18(29)27-6-4-26(5-7-27)17(24)25-16(23)15(22)12-8-11(30-10-28)9-13(20)14(12)21/h8-9,28H,4-7,10,22-23H2,1-3H3,(H2,24,25)/b16-15-. The van der Waals surface area contributed by atoms with E-state index in [1.54, 1.807) is 9.80 Å². The lowest BCUT2D eigenvalue weighted by molar-refractivity contribution is 0.0186. The fraction of sp³-hybridized carbons (Fsp3) is 0.474. The predicted molar refractivity (Wildman–Crippen MR) is 120 cm³/mol. The van der Waals surface area contributed by atoms with Crippen LogP contribution < -0.4 is 21.9 Å². The maximum absolute atomic E-state index is 12.2. The van der Waals surface area contributed by atoms with Gasteiger partial charge in [0.05, 0.1) is 15.7 Å². The van der Waals surface area contributed by atoms with Gasteiger partial charge in [-0.1, -0.05) is 23.2 Å². The van der Waals surface area contributed by atoms with Crippen molar-refractivity contribution in [1.82, 2.24) is 9.80 Å². The van der Waals surface area contributed by atoms with Crippen LogP contribution in [0.1, 0.15) is 26.3 Å². The number of aliphatic hydroxyl groups excluding tert-OH is 1. The molecule has 172 valence electrons. The maximum atomic E-state index is 12.2. The number of amides is 1. The van der Waals surface area contributed by atoms with Gasteiger partial charge >= 0.3 is 6.09 Å². The third-order valence-electron chi connectivity index (χ3n) is 4.29. The van der Waals surface area contributed by atoms with Crippen molar-refractivity contribution in [3.63, 3.8) is 0 Å². The average Bonchev–Trinajstić information content (AvgIpc) is 2.69. The van der Waals surface area contributed by atoms with Crippen molar-refractivity contribution >= 4 is 41.0 Å². The normalized spacial score (nSPS) is 16.1. The number of rotatable bonds is 4. The van der Waals surface area contributed by atoms with Gasteiger partial charge in [-0.2, -0.15) is 4.99 Å². The molecule has 0 spiro atoms. The van der Waals surface area contributed by atoms with Crippen molar-refractivity contribution in [2.24, 2.45) is 22.2 Å². The smallest absolute Gasteiger partial charge is 0.410 e. The molecule has 1 aromatic rings. The molecule has 0 saturated carbocycles. The second-order valence-corrected chi connectivity index (χ2v) is 8.55. The number of benzene rings is 1. The van der Waals surface area contributed by atoms with E-state index >= 15 is 0 Å². The molecule has 10 nitrogen and oxygen atoms in total. The van der Waals surface area contributed by atoms with E-state index in [0.717, 1.165) is 0 Å². The lowest BCUT2D eigenvalue weighted by atomic mass is 10.1. The summed E-state index contributed by atoms with van der Waals surface area (Å²) in [5, 5.41) is 9.28. The Labute approximate surface area is 191 Å². The van der Waals surface area contributed by atoms with E-state index in [1.165, 1.54) is 12.1 Å². The number of carbonyl (C=O) groups is 1. The van der Waals surface area contributed by atoms with Crippen LogP contribution in [0.15, 0.2) is 22.9 Å². The molecule has 1 heterocycles. The summed E-state index contributed by atoms with van der Waals surface area (Å²) in [7, 11) is 0. The van der Waals surface area contributed by atoms with E-state index in [9.17, 15) is 4.79 Å². The van der Waals surface area contributed by atoms with Crippen LogP contribution in [0, 0.1) is 0 Å². The Bertz CT molecular complexity index is 877. The van der Waals surface area contributed by atoms with Gasteiger partial charge in [-0.05, 0) is 26.8 Å². The Morgan fingerprint density at radius 1 is 1.13 bits per heavy atom. The molecule has 0 bridgehead atoms. The summed E-state index contributed by atoms with van der Waals surface area (Å²) in [5.41, 5.74) is 18.0. The summed E-state index contributed by atoms with van der Waals surface area (Å²) in [5.74, 6) is 0.346. The van der Waals surface area contributed by atoms with Gasteiger partial charge in [0.1, 0.15) is 11.4 Å². The maximum Gasteiger partial charge on any atom is 0.410 e. The summed E-state index contributed by atoms with van der Waals surface area (Å²) in [6, 6.07) is 2.92. The molecule has 0 aliphatic carbocycles. The number of carbonyl (C=O) groups excluding carboxylic acids is 1. The van der Waals surface area contributed by atoms with E-state index in [2.05, 4.69) is 4.99 Å². The van der Waals surface area contributed by atoms with E-state index in [1.807, 2.05) is 20.8 Å². The van der Waals surface area contributed by atoms with Crippen LogP contribution in [-0.2, 0) is 4.74 Å². The first kappa shape index (κ1) is 24.7. The first-order valence-electron chi connectivity index (χ1n) is 9.48. The van der Waals surface area contributed by atoms with Crippen LogP contribution in [-0.4, -0.2) is 65.5 Å². The summed E-state index contributed by atoms with van der Waals surface area (Å²) < 4.78 is 10.4. The number of nitrogens with zero attached hydrogens (tertiary/aromatic N) is 3. The highest BCUT2D eigenvalue weighted by atomic mass is 35.5. The molecule has 0 atom stereocenters. The third kappa shape index (κ3) is 6.71. The first-order chi connectivity index (χ1) is 14.4. The van der Waals surface area contributed by atoms with Crippen LogP contribution in [0.3, 0.4) is 0 Å². The molecule has 7 N–H and O–H groups in total. The Morgan fingerprint density at radius 3 is 2.26 bits per heavy atom. The zero-order valence-electron chi connectivity index (χ0n) is 17.7. The molecular formula is C19H28Cl2N6O4. The quantitative estimate of drug-likeness (QED) is 0.292. The highest BCUT2D eigenvalue weighted by Crippen LogP contribution is 2.34. The second-order valence-electron chi connectivity index (χ2n) is 7.76. The Kier molecular flexibility index (Phi) is 8.10. The number of hydrogen-bond acceptors (Lipinski definition) is 7. The number of nitrogens with two attached hydrogens (primary N) is 3. The molecule has 12 heteroatoms. The number of ether oxygens (including phenoxy) is 2. The van der Waals surface area contributed by atoms with Crippen molar-refractivity contribution in [3.05, 3.63) is 33.6 Å². The average molecular weight is 475 g/mol. The van der Waals surface area contributed by atoms with Gasteiger partial charge in [0.15, 0.2) is 18.6 Å². The van der Waals surface area contributed by atoms with E-state index in [0.29, 0.717) is 31.7 Å². The van der Waals surface area contributed by atoms with Crippen LogP contribution in [0.25, 0.3) is 5.70 Å². The third-order valence-corrected chi connectivity index (χ3v) is 5.09. The minimum absolute atomic E-state index is 0.0469. The monoisotopic (exact) mass is 474 g/mol. The molecule has 0 unspecified atom stereocenters. The molecule has 31 heavy (non-hydrogen) atoms. The van der Waals surface area contributed by atoms with Crippen LogP contribution in [0.5, 0.6) is 5.75 Å². The van der Waals surface area contributed by atoms with Crippen LogP contribution in [0.2, 0.25) is 10.0 Å². The zero-order valence-corrected chi connectivity index (χ0v) is 19.2. The van der Waals surface area contributed by atoms with E-state index < -0.39 is 12.4 Å². The second kappa shape index (κ2) is 10.2. The highest BCUT2D eigenvalue weighted by molar-refractivity contribution is 6.43. The van der Waals surface area contributed by atoms with Gasteiger partial charge in [-0.25, -0.2) is 4.79 Å². The van der Waals surface area contributed by atoms with Crippen molar-refractivity contribution in [1.29, 1.82) is 0 Å². The molecule has 1 aliphatic rings. The van der Waals surface area contributed by atoms with Gasteiger partial charge in [-0.3, -0.25) is 0 Å². The van der Waals surface area contributed by atoms with Gasteiger partial charge < -0.3 is 41.6 Å². The number of piperazine rings is 1. The zero-order chi connectivity index (χ0) is 23.3. The topological polar surface area (TPSA) is 153 Å². The minimum atomic E-state index is -0.560. The van der Waals surface area contributed by atoms with Gasteiger partial charge in [0.25, 0.3) is 0 Å². The number of aliphatic hydroxyl groups is 1. The van der Waals surface area contributed by atoms with Crippen molar-refractivity contribution < 1.29 is 19.4 Å². The molecule has 0 aromatic heterocycles. The molecule has 1 aromatic carbocycles. The van der Waals surface area contributed by atoms with E-state index in [4.69, 9.17) is 55.0 Å². The Morgan fingerprint density at radius 2 is 1.71 bits per heavy atom. The Balaban J connectivity index is 2.13.